The summed E-state index contributed by atoms with van der Waals surface area (Å²) in [7, 11) is 0. The van der Waals surface area contributed by atoms with E-state index in [1.165, 1.54) is 19.3 Å². The summed E-state index contributed by atoms with van der Waals surface area (Å²) in [6.07, 6.45) is 6.93. The maximum atomic E-state index is 12.3. The van der Waals surface area contributed by atoms with Gasteiger partial charge in [-0.3, -0.25) is 0 Å². The fourth-order valence-corrected chi connectivity index (χ4v) is 12.4. The molecule has 6 rings (SSSR count). The molecule has 212 valence electrons. The number of aliphatic hydroxyl groups is 3. The van der Waals surface area contributed by atoms with Crippen LogP contribution in [0.25, 0.3) is 0 Å². The molecule has 0 radical (unpaired) electrons. The van der Waals surface area contributed by atoms with Crippen molar-refractivity contribution in [1.29, 1.82) is 0 Å². The van der Waals surface area contributed by atoms with Crippen molar-refractivity contribution in [1.82, 2.24) is 0 Å². The molecule has 5 unspecified atom stereocenters. The minimum atomic E-state index is -0.726. The third kappa shape index (κ3) is 3.05. The lowest BCUT2D eigenvalue weighted by molar-refractivity contribution is -0.211. The SMILES string of the molecule is CCOC(C)(C)[C@H](O)C1CC(C)C2C(O1)[C@H](O)[C@@]1(C)[C@@H]3CC[C@H]4C(C)(C)[C@@H](O)CCC45C[C@@]35CC[C@]21C. The fraction of sp³-hybridized carbons (Fsp3) is 1.00. The van der Waals surface area contributed by atoms with Crippen LogP contribution < -0.4 is 0 Å². The monoisotopic (exact) mass is 518 g/mol. The van der Waals surface area contributed by atoms with Crippen molar-refractivity contribution in [2.75, 3.05) is 6.61 Å². The second-order valence-corrected chi connectivity index (χ2v) is 16.1. The number of aliphatic hydroxyl groups excluding tert-OH is 3. The van der Waals surface area contributed by atoms with Gasteiger partial charge in [0.05, 0.1) is 30.0 Å². The average Bonchev–Trinajstić information content (AvgIpc) is 3.46. The van der Waals surface area contributed by atoms with Gasteiger partial charge in [-0.2, -0.15) is 0 Å². The summed E-state index contributed by atoms with van der Waals surface area (Å²) in [4.78, 5) is 0. The van der Waals surface area contributed by atoms with Crippen LogP contribution in [0, 0.1) is 50.7 Å². The van der Waals surface area contributed by atoms with Gasteiger partial charge in [-0.25, -0.2) is 0 Å². The largest absolute Gasteiger partial charge is 0.393 e. The smallest absolute Gasteiger partial charge is 0.108 e. The molecule has 1 heterocycles. The lowest BCUT2D eigenvalue weighted by Crippen LogP contribution is -2.59. The molecule has 6 aliphatic rings. The zero-order valence-electron chi connectivity index (χ0n) is 24.7. The van der Waals surface area contributed by atoms with Crippen LogP contribution in [0.3, 0.4) is 0 Å². The predicted octanol–water partition coefficient (Wildman–Crippen LogP) is 5.34. The van der Waals surface area contributed by atoms with Crippen LogP contribution in [-0.4, -0.2) is 58.0 Å². The van der Waals surface area contributed by atoms with Gasteiger partial charge < -0.3 is 24.8 Å². The van der Waals surface area contributed by atoms with Crippen LogP contribution in [0.15, 0.2) is 0 Å². The summed E-state index contributed by atoms with van der Waals surface area (Å²) < 4.78 is 12.7. The molecular weight excluding hydrogens is 464 g/mol. The Hall–Kier alpha value is -0.200. The van der Waals surface area contributed by atoms with E-state index in [-0.39, 0.29) is 34.6 Å². The third-order valence-electron chi connectivity index (χ3n) is 14.4. The molecule has 13 atom stereocenters. The van der Waals surface area contributed by atoms with E-state index in [4.69, 9.17) is 9.47 Å². The second kappa shape index (κ2) is 7.96. The molecule has 0 aromatic carbocycles. The van der Waals surface area contributed by atoms with E-state index < -0.39 is 17.8 Å². The molecule has 5 aliphatic carbocycles. The minimum absolute atomic E-state index is 0.0228. The van der Waals surface area contributed by atoms with Crippen molar-refractivity contribution >= 4 is 0 Å². The summed E-state index contributed by atoms with van der Waals surface area (Å²) in [5.41, 5.74) is -0.211. The van der Waals surface area contributed by atoms with E-state index in [0.717, 1.165) is 32.1 Å². The van der Waals surface area contributed by atoms with Crippen molar-refractivity contribution in [2.24, 2.45) is 50.7 Å². The zero-order chi connectivity index (χ0) is 27.0. The molecule has 0 amide bonds. The summed E-state index contributed by atoms with van der Waals surface area (Å²) >= 11 is 0. The first kappa shape index (κ1) is 27.0. The molecule has 37 heavy (non-hydrogen) atoms. The van der Waals surface area contributed by atoms with E-state index in [9.17, 15) is 15.3 Å². The Bertz CT molecular complexity index is 932. The van der Waals surface area contributed by atoms with Crippen LogP contribution in [0.2, 0.25) is 0 Å². The third-order valence-corrected chi connectivity index (χ3v) is 14.4. The molecule has 5 nitrogen and oxygen atoms in total. The highest BCUT2D eigenvalue weighted by atomic mass is 16.5. The predicted molar refractivity (Wildman–Crippen MR) is 144 cm³/mol. The number of rotatable bonds is 4. The average molecular weight is 519 g/mol. The topological polar surface area (TPSA) is 79.2 Å². The first-order valence-electron chi connectivity index (χ1n) is 15.5. The van der Waals surface area contributed by atoms with Crippen LogP contribution in [0.5, 0.6) is 0 Å². The van der Waals surface area contributed by atoms with Crippen LogP contribution in [0.4, 0.5) is 0 Å². The molecule has 0 aromatic heterocycles. The summed E-state index contributed by atoms with van der Waals surface area (Å²) in [5.74, 6) is 1.77. The normalized spacial score (nSPS) is 56.8. The minimum Gasteiger partial charge on any atom is -0.393 e. The Morgan fingerprint density at radius 1 is 0.973 bits per heavy atom. The van der Waals surface area contributed by atoms with Crippen molar-refractivity contribution in [3.63, 3.8) is 0 Å². The van der Waals surface area contributed by atoms with Crippen LogP contribution in [-0.2, 0) is 9.47 Å². The van der Waals surface area contributed by atoms with E-state index in [0.29, 0.717) is 41.1 Å². The molecule has 2 spiro atoms. The number of hydrogen-bond acceptors (Lipinski definition) is 5. The van der Waals surface area contributed by atoms with Crippen molar-refractivity contribution in [3.8, 4) is 0 Å². The Morgan fingerprint density at radius 2 is 1.62 bits per heavy atom. The zero-order valence-corrected chi connectivity index (χ0v) is 24.7. The number of hydrogen-bond donors (Lipinski definition) is 3. The number of ether oxygens (including phenoxy) is 2. The molecule has 0 aromatic rings. The fourth-order valence-electron chi connectivity index (χ4n) is 12.4. The van der Waals surface area contributed by atoms with Gasteiger partial charge in [-0.1, -0.05) is 34.6 Å². The van der Waals surface area contributed by atoms with Gasteiger partial charge in [0.2, 0.25) is 0 Å². The Kier molecular flexibility index (Phi) is 5.81. The highest BCUT2D eigenvalue weighted by molar-refractivity contribution is 5.32. The molecule has 5 heteroatoms. The van der Waals surface area contributed by atoms with Gasteiger partial charge in [0.25, 0.3) is 0 Å². The number of fused-ring (bicyclic) bond motifs is 4. The molecule has 1 aliphatic heterocycles. The lowest BCUT2D eigenvalue weighted by Gasteiger charge is -2.63. The Balaban J connectivity index is 1.33. The molecule has 5 saturated carbocycles. The van der Waals surface area contributed by atoms with Gasteiger partial charge in [0.15, 0.2) is 0 Å². The quantitative estimate of drug-likeness (QED) is 0.468. The highest BCUT2D eigenvalue weighted by Crippen LogP contribution is 2.89. The maximum Gasteiger partial charge on any atom is 0.108 e. The summed E-state index contributed by atoms with van der Waals surface area (Å²) in [6, 6.07) is 0. The molecule has 3 N–H and O–H groups in total. The van der Waals surface area contributed by atoms with Gasteiger partial charge >= 0.3 is 0 Å². The first-order valence-corrected chi connectivity index (χ1v) is 15.5. The van der Waals surface area contributed by atoms with Crippen molar-refractivity contribution < 1.29 is 24.8 Å². The molecule has 0 bridgehead atoms. The van der Waals surface area contributed by atoms with E-state index in [2.05, 4.69) is 34.6 Å². The summed E-state index contributed by atoms with van der Waals surface area (Å²) in [6.45, 7) is 18.3. The van der Waals surface area contributed by atoms with Crippen LogP contribution in [0.1, 0.15) is 107 Å². The highest BCUT2D eigenvalue weighted by Gasteiger charge is 2.84. The Morgan fingerprint density at radius 3 is 2.30 bits per heavy atom. The van der Waals surface area contributed by atoms with E-state index in [1.54, 1.807) is 0 Å². The van der Waals surface area contributed by atoms with Crippen molar-refractivity contribution in [3.05, 3.63) is 0 Å². The van der Waals surface area contributed by atoms with Gasteiger partial charge in [-0.15, -0.1) is 0 Å². The maximum absolute atomic E-state index is 12.3. The van der Waals surface area contributed by atoms with Crippen molar-refractivity contribution in [2.45, 2.75) is 143 Å². The van der Waals surface area contributed by atoms with E-state index in [1.807, 2.05) is 20.8 Å². The van der Waals surface area contributed by atoms with Gasteiger partial charge in [-0.05, 0) is 117 Å². The van der Waals surface area contributed by atoms with Gasteiger partial charge in [0.1, 0.15) is 6.10 Å². The second-order valence-electron chi connectivity index (χ2n) is 16.1. The molecule has 6 fully saturated rings. The summed E-state index contributed by atoms with van der Waals surface area (Å²) in [5, 5.41) is 34.6. The molecular formula is C32H54O5. The van der Waals surface area contributed by atoms with E-state index >= 15 is 0 Å². The van der Waals surface area contributed by atoms with Gasteiger partial charge in [0, 0.05) is 12.0 Å². The standard InChI is InChI=1S/C32H54O5/c1-9-36-28(5,6)25(34)19-16-18(2)23-24(37-19)26(35)30(8)21-11-10-20-27(3,4)22(33)12-13-31(20)17-32(21,31)15-14-29(23,30)7/h18-26,33-35H,9-17H2,1-8H3/t18?,19?,20-,21-,22-,23?,24?,25+,26-,29+,30+,31?,32-/m0/s1. The molecule has 1 saturated heterocycles. The first-order chi connectivity index (χ1) is 17.1. The lowest BCUT2D eigenvalue weighted by atomic mass is 9.41. The Labute approximate surface area is 225 Å². The van der Waals surface area contributed by atoms with Crippen LogP contribution >= 0.6 is 0 Å².